The second-order valence-electron chi connectivity index (χ2n) is 4.52. The third-order valence-electron chi connectivity index (χ3n) is 3.31. The molecule has 3 rings (SSSR count). The van der Waals surface area contributed by atoms with Gasteiger partial charge in [-0.2, -0.15) is 0 Å². The molecule has 0 aliphatic rings. The Morgan fingerprint density at radius 3 is 2.74 bits per heavy atom. The molecule has 19 heavy (non-hydrogen) atoms. The van der Waals surface area contributed by atoms with Crippen molar-refractivity contribution in [1.29, 1.82) is 0 Å². The average molecular weight is 270 g/mol. The first-order valence-electron chi connectivity index (χ1n) is 6.02. The Bertz CT molecular complexity index is 774. The van der Waals surface area contributed by atoms with E-state index in [2.05, 4.69) is 0 Å². The molecule has 0 unspecified atom stereocenters. The van der Waals surface area contributed by atoms with Gasteiger partial charge in [-0.15, -0.1) is 0 Å². The summed E-state index contributed by atoms with van der Waals surface area (Å²) in [7, 11) is 0. The second-order valence-corrected chi connectivity index (χ2v) is 4.95. The summed E-state index contributed by atoms with van der Waals surface area (Å²) in [4.78, 5) is 11.4. The summed E-state index contributed by atoms with van der Waals surface area (Å²) in [5.74, 6) is 0. The largest absolute Gasteiger partial charge is 0.313 e. The van der Waals surface area contributed by atoms with Crippen LogP contribution in [-0.2, 0) is 0 Å². The molecule has 0 bridgehead atoms. The number of carbonyl (C=O) groups is 1. The number of carbonyl (C=O) groups excluding carboxylic acids is 1. The van der Waals surface area contributed by atoms with Gasteiger partial charge in [-0.05, 0) is 42.3 Å². The highest BCUT2D eigenvalue weighted by Gasteiger charge is 2.12. The normalized spacial score (nSPS) is 10.8. The molecule has 3 heteroatoms. The maximum Gasteiger partial charge on any atom is 0.167 e. The average Bonchev–Trinajstić information content (AvgIpc) is 2.79. The number of aldehydes is 1. The van der Waals surface area contributed by atoms with Gasteiger partial charge >= 0.3 is 0 Å². The molecule has 0 spiro atoms. The number of hydrogen-bond donors (Lipinski definition) is 0. The van der Waals surface area contributed by atoms with Gasteiger partial charge in [-0.1, -0.05) is 29.8 Å². The van der Waals surface area contributed by atoms with E-state index in [0.717, 1.165) is 28.5 Å². The lowest BCUT2D eigenvalue weighted by Gasteiger charge is -2.01. The van der Waals surface area contributed by atoms with Crippen LogP contribution in [0, 0.1) is 6.92 Å². The first kappa shape index (κ1) is 12.0. The quantitative estimate of drug-likeness (QED) is 0.633. The summed E-state index contributed by atoms with van der Waals surface area (Å²) in [5.41, 5.74) is 4.70. The van der Waals surface area contributed by atoms with Crippen molar-refractivity contribution in [3.8, 4) is 11.1 Å². The summed E-state index contributed by atoms with van der Waals surface area (Å²) >= 11 is 6.03. The number of fused-ring (bicyclic) bond motifs is 1. The molecular weight excluding hydrogens is 258 g/mol. The molecule has 2 aromatic heterocycles. The van der Waals surface area contributed by atoms with E-state index in [1.807, 2.05) is 60.0 Å². The minimum Gasteiger partial charge on any atom is -0.313 e. The fraction of sp³-hybridized carbons (Fsp3) is 0.0625. The van der Waals surface area contributed by atoms with E-state index >= 15 is 0 Å². The molecule has 0 saturated heterocycles. The van der Waals surface area contributed by atoms with Gasteiger partial charge in [0.05, 0.1) is 5.69 Å². The Balaban J connectivity index is 2.35. The Kier molecular flexibility index (Phi) is 2.88. The van der Waals surface area contributed by atoms with Gasteiger partial charge in [0.25, 0.3) is 0 Å². The highest BCUT2D eigenvalue weighted by atomic mass is 35.5. The first-order valence-corrected chi connectivity index (χ1v) is 6.40. The number of nitrogens with zero attached hydrogens (tertiary/aromatic N) is 1. The summed E-state index contributed by atoms with van der Waals surface area (Å²) in [5, 5.41) is 0.668. The smallest absolute Gasteiger partial charge is 0.167 e. The predicted octanol–water partition coefficient (Wildman–Crippen LogP) is 4.38. The molecule has 1 aromatic carbocycles. The topological polar surface area (TPSA) is 21.5 Å². The van der Waals surface area contributed by atoms with Crippen LogP contribution in [0.15, 0.2) is 48.7 Å². The van der Waals surface area contributed by atoms with Crippen molar-refractivity contribution in [2.45, 2.75) is 6.92 Å². The number of hydrogen-bond acceptors (Lipinski definition) is 1. The van der Waals surface area contributed by atoms with Gasteiger partial charge in [-0.25, -0.2) is 0 Å². The van der Waals surface area contributed by atoms with E-state index in [1.165, 1.54) is 0 Å². The molecule has 3 aromatic rings. The molecule has 94 valence electrons. The lowest BCUT2D eigenvalue weighted by atomic mass is 10.1. The van der Waals surface area contributed by atoms with Crippen molar-refractivity contribution in [1.82, 2.24) is 4.40 Å². The van der Waals surface area contributed by atoms with E-state index in [4.69, 9.17) is 11.6 Å². The molecule has 0 N–H and O–H groups in total. The molecule has 2 heterocycles. The van der Waals surface area contributed by atoms with E-state index in [-0.39, 0.29) is 0 Å². The van der Waals surface area contributed by atoms with Crippen LogP contribution in [-0.4, -0.2) is 10.7 Å². The number of pyridine rings is 1. The maximum atomic E-state index is 11.4. The van der Waals surface area contributed by atoms with Crippen LogP contribution in [0.3, 0.4) is 0 Å². The Labute approximate surface area is 116 Å². The zero-order chi connectivity index (χ0) is 13.4. The van der Waals surface area contributed by atoms with Crippen molar-refractivity contribution >= 4 is 23.4 Å². The zero-order valence-electron chi connectivity index (χ0n) is 10.4. The highest BCUT2D eigenvalue weighted by Crippen LogP contribution is 2.29. The summed E-state index contributed by atoms with van der Waals surface area (Å²) < 4.78 is 1.92. The van der Waals surface area contributed by atoms with Crippen LogP contribution in [0.5, 0.6) is 0 Å². The molecule has 0 fully saturated rings. The predicted molar refractivity (Wildman–Crippen MR) is 78.0 cm³/mol. The van der Waals surface area contributed by atoms with E-state index in [9.17, 15) is 4.79 Å². The Morgan fingerprint density at radius 1 is 1.16 bits per heavy atom. The maximum absolute atomic E-state index is 11.4. The molecule has 0 radical (unpaired) electrons. The van der Waals surface area contributed by atoms with Crippen LogP contribution in [0.2, 0.25) is 5.02 Å². The Morgan fingerprint density at radius 2 is 2.00 bits per heavy atom. The lowest BCUT2D eigenvalue weighted by molar-refractivity contribution is 0.111. The summed E-state index contributed by atoms with van der Waals surface area (Å²) in [6, 6.07) is 13.6. The molecule has 0 aliphatic heterocycles. The first-order chi connectivity index (χ1) is 9.20. The third-order valence-corrected chi connectivity index (χ3v) is 3.54. The number of benzene rings is 1. The van der Waals surface area contributed by atoms with Crippen LogP contribution in [0.1, 0.15) is 16.1 Å². The van der Waals surface area contributed by atoms with Gasteiger partial charge in [-0.3, -0.25) is 4.79 Å². The van der Waals surface area contributed by atoms with E-state index < -0.39 is 0 Å². The van der Waals surface area contributed by atoms with Gasteiger partial charge in [0.2, 0.25) is 0 Å². The SMILES string of the molecule is Cc1cccn2c(C=O)c(-c3cccc(Cl)c3)cc12. The lowest BCUT2D eigenvalue weighted by Crippen LogP contribution is -1.92. The summed E-state index contributed by atoms with van der Waals surface area (Å²) in [6.45, 7) is 2.03. The number of rotatable bonds is 2. The van der Waals surface area contributed by atoms with Crippen LogP contribution in [0.25, 0.3) is 16.6 Å². The molecule has 0 aliphatic carbocycles. The van der Waals surface area contributed by atoms with Gasteiger partial charge < -0.3 is 4.40 Å². The van der Waals surface area contributed by atoms with Crippen molar-refractivity contribution in [2.24, 2.45) is 0 Å². The monoisotopic (exact) mass is 269 g/mol. The number of halogens is 1. The van der Waals surface area contributed by atoms with Crippen LogP contribution >= 0.6 is 11.6 Å². The standard InChI is InChI=1S/C16H12ClNO/c1-11-4-3-7-18-15(11)9-14(16(18)10-19)12-5-2-6-13(17)8-12/h2-10H,1H3. The van der Waals surface area contributed by atoms with Crippen molar-refractivity contribution < 1.29 is 4.79 Å². The van der Waals surface area contributed by atoms with E-state index in [1.54, 1.807) is 0 Å². The van der Waals surface area contributed by atoms with Crippen molar-refractivity contribution in [3.05, 3.63) is 64.9 Å². The number of aromatic nitrogens is 1. The minimum atomic E-state index is 0.654. The van der Waals surface area contributed by atoms with Gasteiger partial charge in [0, 0.05) is 22.3 Å². The molecular formula is C16H12ClNO. The molecule has 0 saturated carbocycles. The van der Waals surface area contributed by atoms with Crippen LogP contribution < -0.4 is 0 Å². The fourth-order valence-electron chi connectivity index (χ4n) is 2.37. The zero-order valence-corrected chi connectivity index (χ0v) is 11.2. The summed E-state index contributed by atoms with van der Waals surface area (Å²) in [6.07, 6.45) is 2.79. The fourth-order valence-corrected chi connectivity index (χ4v) is 2.56. The van der Waals surface area contributed by atoms with Gasteiger partial charge in [0.15, 0.2) is 6.29 Å². The van der Waals surface area contributed by atoms with Crippen molar-refractivity contribution in [3.63, 3.8) is 0 Å². The molecule has 0 amide bonds. The Hall–Kier alpha value is -2.06. The molecule has 0 atom stereocenters. The molecule has 2 nitrogen and oxygen atoms in total. The minimum absolute atomic E-state index is 0.654. The van der Waals surface area contributed by atoms with Gasteiger partial charge in [0.1, 0.15) is 0 Å². The van der Waals surface area contributed by atoms with E-state index in [0.29, 0.717) is 10.7 Å². The van der Waals surface area contributed by atoms with Crippen LogP contribution in [0.4, 0.5) is 0 Å². The van der Waals surface area contributed by atoms with Crippen molar-refractivity contribution in [2.75, 3.05) is 0 Å². The highest BCUT2D eigenvalue weighted by molar-refractivity contribution is 6.30. The number of aryl methyl sites for hydroxylation is 1. The second kappa shape index (κ2) is 4.56. The third kappa shape index (κ3) is 1.94.